The maximum atomic E-state index is 11.2. The highest BCUT2D eigenvalue weighted by atomic mass is 32.2. The highest BCUT2D eigenvalue weighted by Crippen LogP contribution is 2.29. The van der Waals surface area contributed by atoms with Crippen LogP contribution in [0.4, 0.5) is 0 Å². The third-order valence-corrected chi connectivity index (χ3v) is 4.14. The minimum atomic E-state index is -0.969. The molecule has 0 amide bonds. The Balaban J connectivity index is 2.41. The Morgan fingerprint density at radius 2 is 2.05 bits per heavy atom. The number of nitrogens with zero attached hydrogens (tertiary/aromatic N) is 1. The summed E-state index contributed by atoms with van der Waals surface area (Å²) >= 11 is 1.54. The van der Waals surface area contributed by atoms with Gasteiger partial charge in [-0.1, -0.05) is 31.2 Å². The van der Waals surface area contributed by atoms with Crippen molar-refractivity contribution in [2.75, 3.05) is 12.4 Å². The van der Waals surface area contributed by atoms with Crippen LogP contribution in [0.2, 0.25) is 0 Å². The lowest BCUT2D eigenvalue weighted by Crippen LogP contribution is -2.04. The van der Waals surface area contributed by atoms with E-state index in [0.717, 1.165) is 16.2 Å². The molecule has 1 aromatic heterocycles. The van der Waals surface area contributed by atoms with Crippen LogP contribution in [0.15, 0.2) is 35.5 Å². The van der Waals surface area contributed by atoms with Gasteiger partial charge in [0.25, 0.3) is 0 Å². The fourth-order valence-electron chi connectivity index (χ4n) is 1.73. The Labute approximate surface area is 115 Å². The van der Waals surface area contributed by atoms with Gasteiger partial charge in [0.15, 0.2) is 0 Å². The van der Waals surface area contributed by atoms with E-state index in [1.165, 1.54) is 18.0 Å². The molecule has 2 aromatic rings. The normalized spacial score (nSPS) is 12.5. The molecule has 2 rings (SSSR count). The van der Waals surface area contributed by atoms with E-state index in [-0.39, 0.29) is 18.1 Å². The van der Waals surface area contributed by atoms with Gasteiger partial charge in [-0.05, 0) is 5.92 Å². The Morgan fingerprint density at radius 3 is 2.68 bits per heavy atom. The zero-order chi connectivity index (χ0) is 13.8. The maximum absolute atomic E-state index is 11.2. The molecule has 0 aliphatic carbocycles. The van der Waals surface area contributed by atoms with Crippen LogP contribution in [0.25, 0.3) is 10.8 Å². The number of pyridine rings is 1. The van der Waals surface area contributed by atoms with Gasteiger partial charge >= 0.3 is 5.97 Å². The number of aliphatic hydroxyl groups excluding tert-OH is 1. The number of carboxylic acids is 1. The van der Waals surface area contributed by atoms with Gasteiger partial charge in [0.1, 0.15) is 5.03 Å². The van der Waals surface area contributed by atoms with E-state index in [4.69, 9.17) is 10.2 Å². The number of aromatic carboxylic acids is 1. The molecule has 0 saturated carbocycles. The van der Waals surface area contributed by atoms with Crippen molar-refractivity contribution in [3.63, 3.8) is 0 Å². The highest BCUT2D eigenvalue weighted by molar-refractivity contribution is 7.99. The first-order chi connectivity index (χ1) is 9.13. The van der Waals surface area contributed by atoms with Gasteiger partial charge in [-0.3, -0.25) is 0 Å². The molecule has 1 aromatic carbocycles. The number of hydrogen-bond acceptors (Lipinski definition) is 4. The summed E-state index contributed by atoms with van der Waals surface area (Å²) in [5, 5.41) is 20.5. The third-order valence-electron chi connectivity index (χ3n) is 2.81. The fourth-order valence-corrected chi connectivity index (χ4v) is 2.73. The molecular weight excluding hydrogens is 262 g/mol. The molecule has 1 atom stereocenters. The lowest BCUT2D eigenvalue weighted by molar-refractivity contribution is 0.0698. The van der Waals surface area contributed by atoms with Gasteiger partial charge in [0, 0.05) is 29.3 Å². The molecule has 0 aliphatic heterocycles. The summed E-state index contributed by atoms with van der Waals surface area (Å²) in [6.07, 6.45) is 1.40. The molecule has 4 nitrogen and oxygen atoms in total. The van der Waals surface area contributed by atoms with E-state index in [0.29, 0.717) is 5.39 Å². The Bertz CT molecular complexity index is 600. The monoisotopic (exact) mass is 277 g/mol. The molecule has 100 valence electrons. The van der Waals surface area contributed by atoms with Crippen molar-refractivity contribution < 1.29 is 15.0 Å². The largest absolute Gasteiger partial charge is 0.478 e. The molecule has 5 heteroatoms. The fraction of sp³-hybridized carbons (Fsp3) is 0.286. The third kappa shape index (κ3) is 3.05. The van der Waals surface area contributed by atoms with Crippen LogP contribution < -0.4 is 0 Å². The van der Waals surface area contributed by atoms with E-state index < -0.39 is 5.97 Å². The van der Waals surface area contributed by atoms with Gasteiger partial charge in [-0.25, -0.2) is 9.78 Å². The zero-order valence-electron chi connectivity index (χ0n) is 10.5. The number of fused-ring (bicyclic) bond motifs is 1. The van der Waals surface area contributed by atoms with E-state index in [9.17, 15) is 4.79 Å². The Hall–Kier alpha value is -1.59. The molecule has 0 fully saturated rings. The maximum Gasteiger partial charge on any atom is 0.337 e. The summed E-state index contributed by atoms with van der Waals surface area (Å²) in [6.45, 7) is 2.10. The number of benzene rings is 1. The van der Waals surface area contributed by atoms with Crippen LogP contribution in [0, 0.1) is 5.92 Å². The van der Waals surface area contributed by atoms with Crippen LogP contribution in [-0.2, 0) is 0 Å². The van der Waals surface area contributed by atoms with E-state index >= 15 is 0 Å². The summed E-state index contributed by atoms with van der Waals surface area (Å²) in [7, 11) is 0. The number of aliphatic hydroxyl groups is 1. The minimum absolute atomic E-state index is 0.137. The van der Waals surface area contributed by atoms with Crippen molar-refractivity contribution in [2.45, 2.75) is 11.9 Å². The first-order valence-corrected chi connectivity index (χ1v) is 6.96. The molecular formula is C14H15NO3S. The molecule has 0 spiro atoms. The molecule has 19 heavy (non-hydrogen) atoms. The van der Waals surface area contributed by atoms with Crippen molar-refractivity contribution in [2.24, 2.45) is 5.92 Å². The summed E-state index contributed by atoms with van der Waals surface area (Å²) < 4.78 is 0. The van der Waals surface area contributed by atoms with Crippen molar-refractivity contribution in [3.8, 4) is 0 Å². The molecule has 1 unspecified atom stereocenters. The smallest absolute Gasteiger partial charge is 0.337 e. The topological polar surface area (TPSA) is 70.4 Å². The van der Waals surface area contributed by atoms with E-state index in [1.807, 2.05) is 25.1 Å². The number of carboxylic acid groups (broad SMARTS) is 1. The van der Waals surface area contributed by atoms with Gasteiger partial charge < -0.3 is 10.2 Å². The van der Waals surface area contributed by atoms with Crippen molar-refractivity contribution in [3.05, 3.63) is 36.0 Å². The number of rotatable bonds is 5. The van der Waals surface area contributed by atoms with E-state index in [1.54, 1.807) is 6.07 Å². The second-order valence-corrected chi connectivity index (χ2v) is 5.44. The van der Waals surface area contributed by atoms with Gasteiger partial charge in [0.2, 0.25) is 0 Å². The lowest BCUT2D eigenvalue weighted by Gasteiger charge is -2.10. The zero-order valence-corrected chi connectivity index (χ0v) is 11.4. The standard InChI is InChI=1S/C14H15NO3S/c1-9(7-16)8-19-13-11-5-3-2-4-10(11)12(6-15-13)14(17)18/h2-6,9,16H,7-8H2,1H3,(H,17,18). The predicted octanol–water partition coefficient (Wildman–Crippen LogP) is 2.65. The van der Waals surface area contributed by atoms with Gasteiger partial charge in [-0.2, -0.15) is 0 Å². The van der Waals surface area contributed by atoms with Crippen molar-refractivity contribution >= 4 is 28.5 Å². The lowest BCUT2D eigenvalue weighted by atomic mass is 10.1. The van der Waals surface area contributed by atoms with E-state index in [2.05, 4.69) is 4.98 Å². The number of carbonyl (C=O) groups is 1. The summed E-state index contributed by atoms with van der Waals surface area (Å²) in [4.78, 5) is 15.4. The number of thioether (sulfide) groups is 1. The predicted molar refractivity (Wildman–Crippen MR) is 75.7 cm³/mol. The SMILES string of the molecule is CC(CO)CSc1ncc(C(=O)O)c2ccccc12. The average molecular weight is 277 g/mol. The molecule has 0 bridgehead atoms. The van der Waals surface area contributed by atoms with Crippen LogP contribution >= 0.6 is 11.8 Å². The quantitative estimate of drug-likeness (QED) is 0.822. The molecule has 0 radical (unpaired) electrons. The molecule has 0 saturated heterocycles. The molecule has 1 heterocycles. The number of hydrogen-bond donors (Lipinski definition) is 2. The van der Waals surface area contributed by atoms with Crippen LogP contribution in [0.1, 0.15) is 17.3 Å². The van der Waals surface area contributed by atoms with Crippen LogP contribution in [0.5, 0.6) is 0 Å². The average Bonchev–Trinajstić information content (AvgIpc) is 2.43. The number of aromatic nitrogens is 1. The summed E-state index contributed by atoms with van der Waals surface area (Å²) in [5.74, 6) is -0.0337. The second-order valence-electron chi connectivity index (χ2n) is 4.43. The van der Waals surface area contributed by atoms with Gasteiger partial charge in [0.05, 0.1) is 5.56 Å². The highest BCUT2D eigenvalue weighted by Gasteiger charge is 2.13. The van der Waals surface area contributed by atoms with Crippen molar-refractivity contribution in [1.29, 1.82) is 0 Å². The van der Waals surface area contributed by atoms with Gasteiger partial charge in [-0.15, -0.1) is 11.8 Å². The van der Waals surface area contributed by atoms with Crippen LogP contribution in [0.3, 0.4) is 0 Å². The van der Waals surface area contributed by atoms with Crippen molar-refractivity contribution in [1.82, 2.24) is 4.98 Å². The first-order valence-electron chi connectivity index (χ1n) is 5.98. The summed E-state index contributed by atoms with van der Waals surface area (Å²) in [6, 6.07) is 7.36. The minimum Gasteiger partial charge on any atom is -0.478 e. The second kappa shape index (κ2) is 6.04. The first kappa shape index (κ1) is 13.8. The Kier molecular flexibility index (Phi) is 4.39. The molecule has 0 aliphatic rings. The summed E-state index contributed by atoms with van der Waals surface area (Å²) in [5.41, 5.74) is 0.218. The van der Waals surface area contributed by atoms with Crippen LogP contribution in [-0.4, -0.2) is 33.5 Å². The molecule has 2 N–H and O–H groups in total. The Morgan fingerprint density at radius 1 is 1.37 bits per heavy atom.